The number of carbonyl (C=O) groups excluding carboxylic acids is 1. The van der Waals surface area contributed by atoms with Crippen LogP contribution >= 0.6 is 0 Å². The Kier molecular flexibility index (Phi) is 2.71. The molecule has 0 bridgehead atoms. The van der Waals surface area contributed by atoms with Gasteiger partial charge < -0.3 is 5.32 Å². The molecule has 1 aliphatic heterocycles. The molecular formula is C9H13N3O3S. The molecule has 2 rings (SSSR count). The van der Waals surface area contributed by atoms with E-state index >= 15 is 0 Å². The molecule has 16 heavy (non-hydrogen) atoms. The number of aromatic amines is 1. The third-order valence-corrected chi connectivity index (χ3v) is 4.39. The molecule has 1 atom stereocenters. The second kappa shape index (κ2) is 3.89. The van der Waals surface area contributed by atoms with Gasteiger partial charge in [-0.25, -0.2) is 8.42 Å². The van der Waals surface area contributed by atoms with E-state index in [1.165, 1.54) is 0 Å². The van der Waals surface area contributed by atoms with E-state index in [1.807, 2.05) is 0 Å². The zero-order valence-corrected chi connectivity index (χ0v) is 9.67. The Balaban J connectivity index is 2.02. The van der Waals surface area contributed by atoms with Crippen molar-refractivity contribution in [2.75, 3.05) is 11.5 Å². The molecule has 2 heterocycles. The second-order valence-corrected chi connectivity index (χ2v) is 6.23. The van der Waals surface area contributed by atoms with Crippen LogP contribution in [0.3, 0.4) is 0 Å². The number of aromatic nitrogens is 2. The first-order chi connectivity index (χ1) is 7.48. The minimum atomic E-state index is -2.96. The predicted octanol–water partition coefficient (Wildman–Crippen LogP) is -0.365. The van der Waals surface area contributed by atoms with E-state index in [0.717, 1.165) is 5.56 Å². The van der Waals surface area contributed by atoms with E-state index in [0.29, 0.717) is 12.1 Å². The fourth-order valence-corrected chi connectivity index (χ4v) is 3.42. The zero-order chi connectivity index (χ0) is 11.8. The van der Waals surface area contributed by atoms with Crippen molar-refractivity contribution >= 4 is 15.7 Å². The van der Waals surface area contributed by atoms with Crippen molar-refractivity contribution in [3.8, 4) is 0 Å². The smallest absolute Gasteiger partial charge is 0.269 e. The number of amides is 1. The van der Waals surface area contributed by atoms with Gasteiger partial charge in [-0.1, -0.05) is 0 Å². The van der Waals surface area contributed by atoms with Crippen LogP contribution in [0.4, 0.5) is 0 Å². The molecular weight excluding hydrogens is 230 g/mol. The van der Waals surface area contributed by atoms with Gasteiger partial charge in [0.25, 0.3) is 5.91 Å². The molecule has 1 amide bonds. The molecule has 1 fully saturated rings. The van der Waals surface area contributed by atoms with Gasteiger partial charge in [0, 0.05) is 6.04 Å². The lowest BCUT2D eigenvalue weighted by atomic mass is 10.2. The van der Waals surface area contributed by atoms with Crippen molar-refractivity contribution in [2.45, 2.75) is 19.4 Å². The van der Waals surface area contributed by atoms with Crippen LogP contribution in [0, 0.1) is 6.92 Å². The number of hydrogen-bond acceptors (Lipinski definition) is 4. The van der Waals surface area contributed by atoms with Crippen molar-refractivity contribution in [1.82, 2.24) is 15.5 Å². The summed E-state index contributed by atoms with van der Waals surface area (Å²) in [7, 11) is -2.96. The summed E-state index contributed by atoms with van der Waals surface area (Å²) < 4.78 is 22.4. The lowest BCUT2D eigenvalue weighted by Gasteiger charge is -2.09. The van der Waals surface area contributed by atoms with Crippen LogP contribution in [0.5, 0.6) is 0 Å². The summed E-state index contributed by atoms with van der Waals surface area (Å²) in [6.07, 6.45) is 2.04. The first-order valence-electron chi connectivity index (χ1n) is 4.99. The summed E-state index contributed by atoms with van der Waals surface area (Å²) in [5.41, 5.74) is 1.14. The molecule has 6 nitrogen and oxygen atoms in total. The van der Waals surface area contributed by atoms with Crippen molar-refractivity contribution in [3.63, 3.8) is 0 Å². The van der Waals surface area contributed by atoms with Gasteiger partial charge in [-0.3, -0.25) is 9.89 Å². The SMILES string of the molecule is Cc1cn[nH]c1C(=O)NC1CCS(=O)(=O)C1. The Morgan fingerprint density at radius 2 is 2.38 bits per heavy atom. The summed E-state index contributed by atoms with van der Waals surface area (Å²) in [5, 5.41) is 9.02. The monoisotopic (exact) mass is 243 g/mol. The maximum Gasteiger partial charge on any atom is 0.269 e. The van der Waals surface area contributed by atoms with E-state index in [9.17, 15) is 13.2 Å². The predicted molar refractivity (Wildman–Crippen MR) is 57.8 cm³/mol. The third kappa shape index (κ3) is 2.24. The molecule has 0 saturated carbocycles. The van der Waals surface area contributed by atoms with Gasteiger partial charge in [0.05, 0.1) is 17.7 Å². The van der Waals surface area contributed by atoms with Crippen LogP contribution in [0.15, 0.2) is 6.20 Å². The van der Waals surface area contributed by atoms with Crippen LogP contribution in [0.25, 0.3) is 0 Å². The van der Waals surface area contributed by atoms with Crippen LogP contribution in [-0.4, -0.2) is 42.1 Å². The van der Waals surface area contributed by atoms with Gasteiger partial charge in [0.2, 0.25) is 0 Å². The molecule has 0 spiro atoms. The number of nitrogens with one attached hydrogen (secondary N) is 2. The van der Waals surface area contributed by atoms with E-state index in [4.69, 9.17) is 0 Å². The first-order valence-corrected chi connectivity index (χ1v) is 6.81. The van der Waals surface area contributed by atoms with Crippen molar-refractivity contribution in [3.05, 3.63) is 17.5 Å². The van der Waals surface area contributed by atoms with E-state index < -0.39 is 9.84 Å². The van der Waals surface area contributed by atoms with Gasteiger partial charge in [-0.05, 0) is 18.9 Å². The van der Waals surface area contributed by atoms with Crippen molar-refractivity contribution in [1.29, 1.82) is 0 Å². The molecule has 88 valence electrons. The summed E-state index contributed by atoms with van der Waals surface area (Å²) in [4.78, 5) is 11.7. The Morgan fingerprint density at radius 1 is 1.62 bits per heavy atom. The molecule has 0 aromatic carbocycles. The zero-order valence-electron chi connectivity index (χ0n) is 8.86. The summed E-state index contributed by atoms with van der Waals surface area (Å²) in [6, 6.07) is -0.278. The largest absolute Gasteiger partial charge is 0.347 e. The lowest BCUT2D eigenvalue weighted by molar-refractivity contribution is 0.0935. The quantitative estimate of drug-likeness (QED) is 0.741. The second-order valence-electron chi connectivity index (χ2n) is 4.00. The average molecular weight is 243 g/mol. The first kappa shape index (κ1) is 11.1. The third-order valence-electron chi connectivity index (χ3n) is 2.62. The molecule has 7 heteroatoms. The number of carbonyl (C=O) groups is 1. The minimum absolute atomic E-state index is 0.0337. The maximum atomic E-state index is 11.7. The molecule has 1 aliphatic rings. The highest BCUT2D eigenvalue weighted by atomic mass is 32.2. The number of sulfone groups is 1. The minimum Gasteiger partial charge on any atom is -0.347 e. The fourth-order valence-electron chi connectivity index (χ4n) is 1.74. The molecule has 1 aromatic heterocycles. The standard InChI is InChI=1S/C9H13N3O3S/c1-6-4-10-12-8(6)9(13)11-7-2-3-16(14,15)5-7/h4,7H,2-3,5H2,1H3,(H,10,12)(H,11,13). The molecule has 0 aliphatic carbocycles. The van der Waals surface area contributed by atoms with E-state index in [-0.39, 0.29) is 23.5 Å². The van der Waals surface area contributed by atoms with Gasteiger partial charge in [-0.15, -0.1) is 0 Å². The van der Waals surface area contributed by atoms with Gasteiger partial charge in [-0.2, -0.15) is 5.10 Å². The highest BCUT2D eigenvalue weighted by molar-refractivity contribution is 7.91. The molecule has 0 radical (unpaired) electrons. The van der Waals surface area contributed by atoms with Crippen LogP contribution in [-0.2, 0) is 9.84 Å². The summed E-state index contributed by atoms with van der Waals surface area (Å²) >= 11 is 0. The maximum absolute atomic E-state index is 11.7. The number of H-pyrrole nitrogens is 1. The van der Waals surface area contributed by atoms with Crippen molar-refractivity contribution in [2.24, 2.45) is 0 Å². The van der Waals surface area contributed by atoms with Crippen molar-refractivity contribution < 1.29 is 13.2 Å². The topological polar surface area (TPSA) is 91.9 Å². The number of rotatable bonds is 2. The van der Waals surface area contributed by atoms with E-state index in [1.54, 1.807) is 13.1 Å². The Morgan fingerprint density at radius 3 is 2.88 bits per heavy atom. The Labute approximate surface area is 93.3 Å². The number of nitrogens with zero attached hydrogens (tertiary/aromatic N) is 1. The molecule has 1 saturated heterocycles. The van der Waals surface area contributed by atoms with Crippen LogP contribution < -0.4 is 5.32 Å². The Bertz CT molecular complexity index is 506. The number of hydrogen-bond donors (Lipinski definition) is 2. The summed E-state index contributed by atoms with van der Waals surface area (Å²) in [5.74, 6) is -0.108. The van der Waals surface area contributed by atoms with Gasteiger partial charge in [0.1, 0.15) is 5.69 Å². The average Bonchev–Trinajstić information content (AvgIpc) is 2.72. The lowest BCUT2D eigenvalue weighted by Crippen LogP contribution is -2.36. The molecule has 1 aromatic rings. The highest BCUT2D eigenvalue weighted by Crippen LogP contribution is 2.12. The van der Waals surface area contributed by atoms with Crippen LogP contribution in [0.1, 0.15) is 22.5 Å². The number of aryl methyl sites for hydroxylation is 1. The Hall–Kier alpha value is -1.37. The summed E-state index contributed by atoms with van der Waals surface area (Å²) in [6.45, 7) is 1.77. The highest BCUT2D eigenvalue weighted by Gasteiger charge is 2.29. The van der Waals surface area contributed by atoms with Crippen LogP contribution in [0.2, 0.25) is 0 Å². The fraction of sp³-hybridized carbons (Fsp3) is 0.556. The molecule has 2 N–H and O–H groups in total. The van der Waals surface area contributed by atoms with Gasteiger partial charge in [0.15, 0.2) is 9.84 Å². The normalized spacial score (nSPS) is 23.2. The molecule has 1 unspecified atom stereocenters. The van der Waals surface area contributed by atoms with E-state index in [2.05, 4.69) is 15.5 Å². The van der Waals surface area contributed by atoms with Gasteiger partial charge >= 0.3 is 0 Å².